The molecular formula is C17H19N3S. The Morgan fingerprint density at radius 3 is 2.81 bits per heavy atom. The molecule has 4 heteroatoms. The molecule has 3 nitrogen and oxygen atoms in total. The lowest BCUT2D eigenvalue weighted by Crippen LogP contribution is -2.05. The zero-order chi connectivity index (χ0) is 14.8. The number of fused-ring (bicyclic) bond motifs is 1. The monoisotopic (exact) mass is 297 g/mol. The summed E-state index contributed by atoms with van der Waals surface area (Å²) < 4.78 is 1.29. The van der Waals surface area contributed by atoms with Crippen LogP contribution in [0.5, 0.6) is 0 Å². The first-order chi connectivity index (χ1) is 10.2. The van der Waals surface area contributed by atoms with E-state index in [1.54, 1.807) is 11.3 Å². The molecule has 0 saturated carbocycles. The van der Waals surface area contributed by atoms with Crippen LogP contribution in [0.4, 0.5) is 5.82 Å². The predicted molar refractivity (Wildman–Crippen MR) is 91.1 cm³/mol. The van der Waals surface area contributed by atoms with Gasteiger partial charge in [0.2, 0.25) is 0 Å². The smallest absolute Gasteiger partial charge is 0.133 e. The van der Waals surface area contributed by atoms with Crippen LogP contribution in [0.1, 0.15) is 32.5 Å². The van der Waals surface area contributed by atoms with E-state index in [2.05, 4.69) is 60.7 Å². The molecule has 1 N–H and O–H groups in total. The molecule has 1 aromatic carbocycles. The second kappa shape index (κ2) is 5.82. The highest BCUT2D eigenvalue weighted by Gasteiger charge is 2.12. The van der Waals surface area contributed by atoms with E-state index in [-0.39, 0.29) is 0 Å². The zero-order valence-electron chi connectivity index (χ0n) is 12.6. The van der Waals surface area contributed by atoms with Crippen LogP contribution in [0.2, 0.25) is 0 Å². The third-order valence-electron chi connectivity index (χ3n) is 3.37. The summed E-state index contributed by atoms with van der Waals surface area (Å²) in [6.45, 7) is 7.19. The van der Waals surface area contributed by atoms with Crippen molar-refractivity contribution in [3.8, 4) is 11.3 Å². The van der Waals surface area contributed by atoms with Crippen LogP contribution >= 0.6 is 11.3 Å². The summed E-state index contributed by atoms with van der Waals surface area (Å²) in [6, 6.07) is 10.6. The molecule has 2 heterocycles. The van der Waals surface area contributed by atoms with Gasteiger partial charge in [-0.15, -0.1) is 11.3 Å². The topological polar surface area (TPSA) is 37.8 Å². The van der Waals surface area contributed by atoms with Gasteiger partial charge >= 0.3 is 0 Å². The summed E-state index contributed by atoms with van der Waals surface area (Å²) >= 11 is 1.76. The fourth-order valence-corrected chi connectivity index (χ4v) is 3.25. The predicted octanol–water partition coefficient (Wildman–Crippen LogP) is 4.91. The minimum atomic E-state index is 0.310. The van der Waals surface area contributed by atoms with Crippen molar-refractivity contribution in [3.05, 3.63) is 41.5 Å². The second-order valence-corrected chi connectivity index (χ2v) is 6.24. The molecule has 2 aromatic heterocycles. The van der Waals surface area contributed by atoms with Crippen LogP contribution < -0.4 is 5.32 Å². The number of thiophene rings is 1. The second-order valence-electron chi connectivity index (χ2n) is 5.33. The molecule has 3 aromatic rings. The zero-order valence-corrected chi connectivity index (χ0v) is 13.4. The Morgan fingerprint density at radius 2 is 2.05 bits per heavy atom. The van der Waals surface area contributed by atoms with Crippen molar-refractivity contribution in [1.29, 1.82) is 0 Å². The number of benzene rings is 1. The quantitative estimate of drug-likeness (QED) is 0.743. The normalized spacial score (nSPS) is 11.2. The Morgan fingerprint density at radius 1 is 1.19 bits per heavy atom. The van der Waals surface area contributed by atoms with Crippen molar-refractivity contribution < 1.29 is 0 Å². The molecule has 0 aliphatic carbocycles. The molecule has 0 bridgehead atoms. The van der Waals surface area contributed by atoms with Crippen molar-refractivity contribution >= 4 is 27.2 Å². The van der Waals surface area contributed by atoms with Crippen molar-refractivity contribution in [3.63, 3.8) is 0 Å². The summed E-state index contributed by atoms with van der Waals surface area (Å²) in [5.74, 6) is 2.10. The van der Waals surface area contributed by atoms with Gasteiger partial charge in [0.05, 0.1) is 5.69 Å². The first kappa shape index (κ1) is 14.0. The number of anilines is 1. The molecule has 0 unspecified atom stereocenters. The van der Waals surface area contributed by atoms with E-state index in [1.807, 2.05) is 6.07 Å². The van der Waals surface area contributed by atoms with Crippen LogP contribution in [0.15, 0.2) is 35.7 Å². The summed E-state index contributed by atoms with van der Waals surface area (Å²) in [4.78, 5) is 9.37. The van der Waals surface area contributed by atoms with E-state index < -0.39 is 0 Å². The summed E-state index contributed by atoms with van der Waals surface area (Å²) in [5, 5.41) is 6.71. The van der Waals surface area contributed by atoms with Crippen molar-refractivity contribution in [2.24, 2.45) is 0 Å². The number of rotatable bonds is 4. The summed E-state index contributed by atoms with van der Waals surface area (Å²) in [5.41, 5.74) is 2.18. The highest BCUT2D eigenvalue weighted by atomic mass is 32.1. The van der Waals surface area contributed by atoms with Gasteiger partial charge in [-0.1, -0.05) is 32.0 Å². The minimum absolute atomic E-state index is 0.310. The Hall–Kier alpha value is -1.94. The van der Waals surface area contributed by atoms with Gasteiger partial charge in [0, 0.05) is 28.8 Å². The van der Waals surface area contributed by atoms with Crippen LogP contribution in [0, 0.1) is 0 Å². The molecule has 3 rings (SSSR count). The van der Waals surface area contributed by atoms with Crippen LogP contribution in [0.25, 0.3) is 21.3 Å². The van der Waals surface area contributed by atoms with E-state index in [4.69, 9.17) is 4.98 Å². The number of hydrogen-bond acceptors (Lipinski definition) is 4. The molecule has 0 amide bonds. The molecule has 0 aliphatic heterocycles. The maximum absolute atomic E-state index is 4.77. The lowest BCUT2D eigenvalue weighted by Gasteiger charge is -2.11. The lowest BCUT2D eigenvalue weighted by atomic mass is 10.1. The van der Waals surface area contributed by atoms with Gasteiger partial charge in [-0.25, -0.2) is 9.97 Å². The lowest BCUT2D eigenvalue weighted by molar-refractivity contribution is 0.777. The molecule has 0 radical (unpaired) electrons. The molecule has 108 valence electrons. The Labute approximate surface area is 129 Å². The van der Waals surface area contributed by atoms with Crippen molar-refractivity contribution in [2.75, 3.05) is 11.9 Å². The number of nitrogens with zero attached hydrogens (tertiary/aromatic N) is 2. The number of aromatic nitrogens is 2. The van der Waals surface area contributed by atoms with Crippen LogP contribution in [0.3, 0.4) is 0 Å². The average Bonchev–Trinajstić information content (AvgIpc) is 2.95. The molecule has 21 heavy (non-hydrogen) atoms. The van der Waals surface area contributed by atoms with Crippen LogP contribution in [-0.4, -0.2) is 16.5 Å². The molecule has 0 atom stereocenters. The van der Waals surface area contributed by atoms with E-state index in [9.17, 15) is 0 Å². The van der Waals surface area contributed by atoms with Crippen molar-refractivity contribution in [2.45, 2.75) is 26.7 Å². The standard InChI is InChI=1S/C17H19N3S/c1-4-18-15-10-14(19-17(20-15)11(2)3)13-7-5-6-12-8-9-21-16(12)13/h5-11H,4H2,1-3H3,(H,18,19,20). The minimum Gasteiger partial charge on any atom is -0.370 e. The van der Waals surface area contributed by atoms with Crippen molar-refractivity contribution in [1.82, 2.24) is 9.97 Å². The largest absolute Gasteiger partial charge is 0.370 e. The molecule has 0 fully saturated rings. The third-order valence-corrected chi connectivity index (χ3v) is 4.34. The Kier molecular flexibility index (Phi) is 3.88. The molecule has 0 saturated heterocycles. The molecular weight excluding hydrogens is 278 g/mol. The summed E-state index contributed by atoms with van der Waals surface area (Å²) in [7, 11) is 0. The first-order valence-corrected chi connectivity index (χ1v) is 8.16. The average molecular weight is 297 g/mol. The fraction of sp³-hybridized carbons (Fsp3) is 0.294. The first-order valence-electron chi connectivity index (χ1n) is 7.28. The van der Waals surface area contributed by atoms with E-state index in [1.165, 1.54) is 15.6 Å². The SMILES string of the molecule is CCNc1cc(-c2cccc3ccsc23)nc(C(C)C)n1. The Bertz CT molecular complexity index is 762. The molecule has 0 spiro atoms. The summed E-state index contributed by atoms with van der Waals surface area (Å²) in [6.07, 6.45) is 0. The van der Waals surface area contributed by atoms with Gasteiger partial charge in [-0.05, 0) is 23.8 Å². The van der Waals surface area contributed by atoms with E-state index in [0.29, 0.717) is 5.92 Å². The molecule has 0 aliphatic rings. The van der Waals surface area contributed by atoms with Crippen LogP contribution in [-0.2, 0) is 0 Å². The highest BCUT2D eigenvalue weighted by Crippen LogP contribution is 2.32. The number of hydrogen-bond donors (Lipinski definition) is 1. The van der Waals surface area contributed by atoms with E-state index >= 15 is 0 Å². The van der Waals surface area contributed by atoms with Gasteiger partial charge in [0.1, 0.15) is 11.6 Å². The highest BCUT2D eigenvalue weighted by molar-refractivity contribution is 7.17. The fourth-order valence-electron chi connectivity index (χ4n) is 2.33. The van der Waals surface area contributed by atoms with Gasteiger partial charge in [0.25, 0.3) is 0 Å². The van der Waals surface area contributed by atoms with Gasteiger partial charge in [-0.3, -0.25) is 0 Å². The van der Waals surface area contributed by atoms with E-state index in [0.717, 1.165) is 23.9 Å². The van der Waals surface area contributed by atoms with Gasteiger partial charge in [-0.2, -0.15) is 0 Å². The Balaban J connectivity index is 2.18. The third kappa shape index (κ3) is 2.76. The van der Waals surface area contributed by atoms with Gasteiger partial charge in [0.15, 0.2) is 0 Å². The number of nitrogens with one attached hydrogen (secondary N) is 1. The maximum atomic E-state index is 4.77. The maximum Gasteiger partial charge on any atom is 0.133 e. The van der Waals surface area contributed by atoms with Gasteiger partial charge < -0.3 is 5.32 Å².